The van der Waals surface area contributed by atoms with Crippen LogP contribution in [-0.4, -0.2) is 26.1 Å². The fourth-order valence-corrected chi connectivity index (χ4v) is 3.35. The summed E-state index contributed by atoms with van der Waals surface area (Å²) in [7, 11) is 0. The van der Waals surface area contributed by atoms with Gasteiger partial charge in [-0.2, -0.15) is 5.10 Å². The van der Waals surface area contributed by atoms with E-state index in [-0.39, 0.29) is 18.0 Å². The van der Waals surface area contributed by atoms with Crippen LogP contribution < -0.4 is 5.32 Å². The Kier molecular flexibility index (Phi) is 4.24. The number of carbonyl (C=O) groups is 1. The molecule has 0 radical (unpaired) electrons. The maximum Gasteiger partial charge on any atom is 0.251 e. The molecule has 6 nitrogen and oxygen atoms in total. The van der Waals surface area contributed by atoms with E-state index in [1.807, 2.05) is 24.3 Å². The highest BCUT2D eigenvalue weighted by Crippen LogP contribution is 2.26. The predicted molar refractivity (Wildman–Crippen MR) is 109 cm³/mol. The minimum Gasteiger partial charge on any atom is -0.348 e. The Labute approximate surface area is 169 Å². The zero-order valence-electron chi connectivity index (χ0n) is 15.5. The van der Waals surface area contributed by atoms with Gasteiger partial charge in [0, 0.05) is 29.1 Å². The molecule has 2 aromatic heterocycles. The second kappa shape index (κ2) is 7.07. The largest absolute Gasteiger partial charge is 0.348 e. The van der Waals surface area contributed by atoms with Gasteiger partial charge in [-0.25, -0.2) is 13.8 Å². The topological polar surface area (TPSA) is 86.5 Å². The van der Waals surface area contributed by atoms with Crippen LogP contribution in [0.15, 0.2) is 60.7 Å². The van der Waals surface area contributed by atoms with Crippen LogP contribution >= 0.6 is 0 Å². The van der Waals surface area contributed by atoms with Crippen molar-refractivity contribution in [2.45, 2.75) is 6.54 Å². The van der Waals surface area contributed by atoms with Gasteiger partial charge in [0.05, 0.1) is 16.6 Å². The second-order valence-electron chi connectivity index (χ2n) is 6.85. The number of benzene rings is 3. The zero-order valence-corrected chi connectivity index (χ0v) is 15.5. The quantitative estimate of drug-likeness (QED) is 0.418. The molecule has 148 valence electrons. The van der Waals surface area contributed by atoms with Crippen molar-refractivity contribution in [2.75, 3.05) is 0 Å². The number of imidazole rings is 1. The van der Waals surface area contributed by atoms with Gasteiger partial charge in [-0.1, -0.05) is 24.3 Å². The minimum atomic E-state index is -0.700. The third-order valence-electron chi connectivity index (χ3n) is 4.89. The molecule has 2 heterocycles. The van der Waals surface area contributed by atoms with Gasteiger partial charge in [0.2, 0.25) is 0 Å². The Morgan fingerprint density at radius 3 is 2.73 bits per heavy atom. The first kappa shape index (κ1) is 18.0. The van der Waals surface area contributed by atoms with Crippen molar-refractivity contribution in [1.82, 2.24) is 25.5 Å². The van der Waals surface area contributed by atoms with Crippen LogP contribution in [0.3, 0.4) is 0 Å². The maximum atomic E-state index is 13.7. The van der Waals surface area contributed by atoms with E-state index in [0.29, 0.717) is 22.6 Å². The third-order valence-corrected chi connectivity index (χ3v) is 4.89. The highest BCUT2D eigenvalue weighted by Gasteiger charge is 2.14. The number of halogens is 2. The number of hydrogen-bond donors (Lipinski definition) is 3. The van der Waals surface area contributed by atoms with Crippen LogP contribution in [0.5, 0.6) is 0 Å². The number of hydrogen-bond acceptors (Lipinski definition) is 3. The highest BCUT2D eigenvalue weighted by molar-refractivity contribution is 5.98. The van der Waals surface area contributed by atoms with Crippen molar-refractivity contribution < 1.29 is 13.6 Å². The number of fused-ring (bicyclic) bond motifs is 2. The van der Waals surface area contributed by atoms with Crippen LogP contribution in [-0.2, 0) is 6.54 Å². The summed E-state index contributed by atoms with van der Waals surface area (Å²) in [5, 5.41) is 10.9. The normalized spacial score (nSPS) is 11.3. The van der Waals surface area contributed by atoms with Crippen molar-refractivity contribution in [3.63, 3.8) is 0 Å². The molecule has 0 unspecified atom stereocenters. The van der Waals surface area contributed by atoms with E-state index in [9.17, 15) is 13.6 Å². The van der Waals surface area contributed by atoms with E-state index in [0.717, 1.165) is 28.6 Å². The van der Waals surface area contributed by atoms with E-state index in [1.165, 1.54) is 6.07 Å². The molecule has 30 heavy (non-hydrogen) atoms. The number of para-hydroxylation sites is 1. The fourth-order valence-electron chi connectivity index (χ4n) is 3.35. The van der Waals surface area contributed by atoms with E-state index in [1.54, 1.807) is 18.2 Å². The molecule has 1 amide bonds. The highest BCUT2D eigenvalue weighted by atomic mass is 19.1. The zero-order chi connectivity index (χ0) is 20.7. The van der Waals surface area contributed by atoms with Crippen molar-refractivity contribution in [1.29, 1.82) is 0 Å². The average molecular weight is 403 g/mol. The SMILES string of the molecule is O=C(NCc1ccc(F)cc1F)c1ccc2[nH]c(-c3n[nH]c4ccccc34)nc2c1. The lowest BCUT2D eigenvalue weighted by Gasteiger charge is -2.06. The summed E-state index contributed by atoms with van der Waals surface area (Å²) in [4.78, 5) is 20.3. The van der Waals surface area contributed by atoms with Crippen molar-refractivity contribution in [3.05, 3.63) is 83.4 Å². The molecule has 5 rings (SSSR count). The molecule has 0 saturated carbocycles. The minimum absolute atomic E-state index is 0.0476. The number of aromatic nitrogens is 4. The van der Waals surface area contributed by atoms with Gasteiger partial charge in [0.1, 0.15) is 17.3 Å². The van der Waals surface area contributed by atoms with E-state index in [2.05, 4.69) is 25.5 Å². The number of amides is 1. The van der Waals surface area contributed by atoms with Crippen LogP contribution in [0.1, 0.15) is 15.9 Å². The number of nitrogens with zero attached hydrogens (tertiary/aromatic N) is 2. The van der Waals surface area contributed by atoms with Gasteiger partial charge in [-0.05, 0) is 30.3 Å². The van der Waals surface area contributed by atoms with Crippen LogP contribution in [0.25, 0.3) is 33.5 Å². The Bertz CT molecular complexity index is 1410. The van der Waals surface area contributed by atoms with Crippen molar-refractivity contribution >= 4 is 27.8 Å². The molecule has 0 aliphatic heterocycles. The van der Waals surface area contributed by atoms with Gasteiger partial charge in [0.15, 0.2) is 5.82 Å². The molecule has 0 bridgehead atoms. The first-order valence-corrected chi connectivity index (χ1v) is 9.24. The van der Waals surface area contributed by atoms with Gasteiger partial charge < -0.3 is 10.3 Å². The number of H-pyrrole nitrogens is 2. The van der Waals surface area contributed by atoms with E-state index in [4.69, 9.17) is 0 Å². The van der Waals surface area contributed by atoms with E-state index >= 15 is 0 Å². The molecule has 0 spiro atoms. The fraction of sp³-hybridized carbons (Fsp3) is 0.0455. The smallest absolute Gasteiger partial charge is 0.251 e. The summed E-state index contributed by atoms with van der Waals surface area (Å²) < 4.78 is 26.8. The molecule has 5 aromatic rings. The summed E-state index contributed by atoms with van der Waals surface area (Å²) >= 11 is 0. The van der Waals surface area contributed by atoms with Gasteiger partial charge in [-0.3, -0.25) is 9.89 Å². The van der Waals surface area contributed by atoms with Gasteiger partial charge >= 0.3 is 0 Å². The molecule has 3 N–H and O–H groups in total. The lowest BCUT2D eigenvalue weighted by Crippen LogP contribution is -2.23. The lowest BCUT2D eigenvalue weighted by atomic mass is 10.1. The van der Waals surface area contributed by atoms with Crippen LogP contribution in [0.2, 0.25) is 0 Å². The first-order chi connectivity index (χ1) is 14.6. The van der Waals surface area contributed by atoms with Crippen molar-refractivity contribution in [2.24, 2.45) is 0 Å². The molecule has 0 fully saturated rings. The maximum absolute atomic E-state index is 13.7. The molecule has 0 aliphatic rings. The standard InChI is InChI=1S/C22H15F2N5O/c23-14-7-5-13(16(24)10-14)11-25-22(30)12-6-8-18-19(9-12)27-21(26-18)20-15-3-1-2-4-17(15)28-29-20/h1-10H,11H2,(H,25,30)(H,26,27)(H,28,29). The summed E-state index contributed by atoms with van der Waals surface area (Å²) in [6.45, 7) is -0.0476. The van der Waals surface area contributed by atoms with Gasteiger partial charge in [-0.15, -0.1) is 0 Å². The second-order valence-corrected chi connectivity index (χ2v) is 6.85. The third kappa shape index (κ3) is 3.18. The molecule has 0 saturated heterocycles. The van der Waals surface area contributed by atoms with Crippen LogP contribution in [0, 0.1) is 11.6 Å². The summed E-state index contributed by atoms with van der Waals surface area (Å²) in [6.07, 6.45) is 0. The monoisotopic (exact) mass is 403 g/mol. The average Bonchev–Trinajstić information content (AvgIpc) is 3.36. The Balaban J connectivity index is 1.40. The predicted octanol–water partition coefficient (Wildman–Crippen LogP) is 4.31. The molecular formula is C22H15F2N5O. The number of rotatable bonds is 4. The molecular weight excluding hydrogens is 388 g/mol. The number of carbonyl (C=O) groups excluding carboxylic acids is 1. The van der Waals surface area contributed by atoms with E-state index < -0.39 is 11.6 Å². The molecule has 0 atom stereocenters. The lowest BCUT2D eigenvalue weighted by molar-refractivity contribution is 0.0950. The summed E-state index contributed by atoms with van der Waals surface area (Å²) in [5.41, 5.74) is 3.56. The number of aromatic amines is 2. The molecule has 3 aromatic carbocycles. The van der Waals surface area contributed by atoms with Gasteiger partial charge in [0.25, 0.3) is 5.91 Å². The summed E-state index contributed by atoms with van der Waals surface area (Å²) in [6, 6.07) is 16.1. The Morgan fingerprint density at radius 1 is 1.00 bits per heavy atom. The summed E-state index contributed by atoms with van der Waals surface area (Å²) in [5.74, 6) is -1.15. The number of nitrogens with one attached hydrogen (secondary N) is 3. The van der Waals surface area contributed by atoms with Crippen molar-refractivity contribution in [3.8, 4) is 11.5 Å². The van der Waals surface area contributed by atoms with Crippen LogP contribution in [0.4, 0.5) is 8.78 Å². The Morgan fingerprint density at radius 2 is 1.87 bits per heavy atom. The first-order valence-electron chi connectivity index (χ1n) is 9.24. The molecule has 0 aliphatic carbocycles. The molecule has 8 heteroatoms. The Hall–Kier alpha value is -4.07.